The second-order valence-electron chi connectivity index (χ2n) is 4.34. The lowest BCUT2D eigenvalue weighted by atomic mass is 9.56. The van der Waals surface area contributed by atoms with Gasteiger partial charge in [-0.15, -0.1) is 0 Å². The van der Waals surface area contributed by atoms with E-state index in [1.165, 1.54) is 5.57 Å². The molecule has 1 aromatic rings. The molecule has 0 radical (unpaired) electrons. The van der Waals surface area contributed by atoms with Crippen molar-refractivity contribution in [1.29, 1.82) is 0 Å². The third kappa shape index (κ3) is 2.38. The van der Waals surface area contributed by atoms with E-state index >= 15 is 0 Å². The molecule has 2 heteroatoms. The highest BCUT2D eigenvalue weighted by atomic mass is 14.8. The van der Waals surface area contributed by atoms with Crippen molar-refractivity contribution in [3.8, 4) is 0 Å². The lowest BCUT2D eigenvalue weighted by molar-refractivity contribution is -0.536. The Labute approximate surface area is 92.2 Å². The first-order valence-corrected chi connectivity index (χ1v) is 5.61. The number of nitrogens with zero attached hydrogens (tertiary/aromatic N) is 1. The Bertz CT molecular complexity index is 379. The number of rotatable bonds is 2. The summed E-state index contributed by atoms with van der Waals surface area (Å²) in [6.07, 6.45) is 9.99. The normalized spacial score (nSPS) is 15.7. The van der Waals surface area contributed by atoms with Gasteiger partial charge in [-0.2, -0.15) is 0 Å². The molecule has 1 aromatic heterocycles. The van der Waals surface area contributed by atoms with Crippen LogP contribution in [0.2, 0.25) is 6.32 Å². The van der Waals surface area contributed by atoms with Crippen LogP contribution in [0, 0.1) is 5.92 Å². The van der Waals surface area contributed by atoms with Gasteiger partial charge in [0.25, 0.3) is 0 Å². The molecule has 0 bridgehead atoms. The van der Waals surface area contributed by atoms with Crippen molar-refractivity contribution in [3.63, 3.8) is 0 Å². The first-order valence-electron chi connectivity index (χ1n) is 5.61. The Hall–Kier alpha value is -1.31. The summed E-state index contributed by atoms with van der Waals surface area (Å²) < 4.78 is 2.25. The van der Waals surface area contributed by atoms with Crippen LogP contribution in [0.5, 0.6) is 0 Å². The molecule has 0 saturated heterocycles. The fraction of sp³-hybridized carbons (Fsp3) is 0.308. The second kappa shape index (κ2) is 4.48. The van der Waals surface area contributed by atoms with E-state index in [1.54, 1.807) is 0 Å². The topological polar surface area (TPSA) is 3.88 Å². The summed E-state index contributed by atoms with van der Waals surface area (Å²) in [5.41, 5.74) is 1.46. The maximum atomic E-state index is 2.36. The molecule has 0 atom stereocenters. The van der Waals surface area contributed by atoms with Crippen molar-refractivity contribution in [2.75, 3.05) is 0 Å². The number of aromatic nitrogens is 1. The van der Waals surface area contributed by atoms with E-state index in [-0.39, 0.29) is 0 Å². The van der Waals surface area contributed by atoms with Gasteiger partial charge in [-0.25, -0.2) is 0 Å². The Kier molecular flexibility index (Phi) is 3.05. The molecule has 0 unspecified atom stereocenters. The monoisotopic (exact) mass is 198 g/mol. The fourth-order valence-electron chi connectivity index (χ4n) is 1.91. The Morgan fingerprint density at radius 2 is 1.93 bits per heavy atom. The predicted octanol–water partition coefficient (Wildman–Crippen LogP) is 2.51. The largest absolute Gasteiger partial charge is 0.520 e. The molecular weight excluding hydrogens is 181 g/mol. The molecule has 0 aliphatic carbocycles. The first-order chi connectivity index (χ1) is 7.27. The molecule has 0 saturated carbocycles. The van der Waals surface area contributed by atoms with Crippen LogP contribution in [0.1, 0.15) is 13.8 Å². The molecule has 0 N–H and O–H groups in total. The lowest BCUT2D eigenvalue weighted by Gasteiger charge is -2.11. The first kappa shape index (κ1) is 10.2. The molecular formula is C13H17BN+. The van der Waals surface area contributed by atoms with E-state index < -0.39 is 0 Å². The van der Waals surface area contributed by atoms with Crippen LogP contribution < -0.4 is 4.48 Å². The highest BCUT2D eigenvalue weighted by Gasteiger charge is 2.26. The zero-order valence-corrected chi connectivity index (χ0v) is 9.43. The molecule has 0 aromatic carbocycles. The number of hydrogen-bond donors (Lipinski definition) is 0. The van der Waals surface area contributed by atoms with Crippen LogP contribution in [0.25, 0.3) is 0 Å². The smallest absolute Gasteiger partial charge is 0.286 e. The Morgan fingerprint density at radius 1 is 1.20 bits per heavy atom. The number of hydrogen-bond acceptors (Lipinski definition) is 0. The van der Waals surface area contributed by atoms with Gasteiger partial charge in [0.1, 0.15) is 12.4 Å². The van der Waals surface area contributed by atoms with Crippen molar-refractivity contribution >= 4 is 6.85 Å². The summed E-state index contributed by atoms with van der Waals surface area (Å²) >= 11 is 0. The Balaban J connectivity index is 2.10. The molecule has 1 aliphatic heterocycles. The average Bonchev–Trinajstić information content (AvgIpc) is 2.30. The van der Waals surface area contributed by atoms with Gasteiger partial charge in [0.05, 0.1) is 0 Å². The maximum absolute atomic E-state index is 2.36. The van der Waals surface area contributed by atoms with Crippen molar-refractivity contribution in [2.45, 2.75) is 20.2 Å². The molecule has 0 amide bonds. The standard InChI is InChI=1S/C13H17BN/c1-12(2)13-6-8-14(9-7-13)15-10-4-3-5-11-15/h3-8,10-12H,9H2,1-2H3/q+1. The molecule has 15 heavy (non-hydrogen) atoms. The molecule has 1 nitrogen and oxygen atoms in total. The van der Waals surface area contributed by atoms with E-state index in [9.17, 15) is 0 Å². The Morgan fingerprint density at radius 3 is 2.47 bits per heavy atom. The van der Waals surface area contributed by atoms with Gasteiger partial charge in [-0.3, -0.25) is 4.48 Å². The van der Waals surface area contributed by atoms with Crippen LogP contribution in [0.4, 0.5) is 0 Å². The van der Waals surface area contributed by atoms with E-state index in [1.807, 2.05) is 0 Å². The van der Waals surface area contributed by atoms with E-state index in [0.29, 0.717) is 12.8 Å². The van der Waals surface area contributed by atoms with Crippen LogP contribution in [0.15, 0.2) is 54.3 Å². The summed E-state index contributed by atoms with van der Waals surface area (Å²) in [6, 6.07) is 6.21. The van der Waals surface area contributed by atoms with E-state index in [0.717, 1.165) is 6.32 Å². The zero-order chi connectivity index (χ0) is 10.7. The maximum Gasteiger partial charge on any atom is 0.520 e. The summed E-state index contributed by atoms with van der Waals surface area (Å²) in [5.74, 6) is 2.94. The SMILES string of the molecule is CC(C)C1=CCB([n+]2ccccc2)C=C1. The fourth-order valence-corrected chi connectivity index (χ4v) is 1.91. The summed E-state index contributed by atoms with van der Waals surface area (Å²) in [4.78, 5) is 0. The summed E-state index contributed by atoms with van der Waals surface area (Å²) in [5, 5.41) is 0. The van der Waals surface area contributed by atoms with Crippen molar-refractivity contribution in [1.82, 2.24) is 0 Å². The van der Waals surface area contributed by atoms with Crippen molar-refractivity contribution in [3.05, 3.63) is 54.3 Å². The minimum Gasteiger partial charge on any atom is -0.286 e. The molecule has 76 valence electrons. The van der Waals surface area contributed by atoms with Gasteiger partial charge in [0.15, 0.2) is 0 Å². The quantitative estimate of drug-likeness (QED) is 0.643. The van der Waals surface area contributed by atoms with Gasteiger partial charge in [-0.1, -0.05) is 37.6 Å². The predicted molar refractivity (Wildman–Crippen MR) is 64.7 cm³/mol. The number of allylic oxidation sites excluding steroid dienone is 3. The van der Waals surface area contributed by atoms with E-state index in [4.69, 9.17) is 0 Å². The second-order valence-corrected chi connectivity index (χ2v) is 4.34. The van der Waals surface area contributed by atoms with Crippen molar-refractivity contribution in [2.24, 2.45) is 5.92 Å². The van der Waals surface area contributed by atoms with Crippen LogP contribution in [0.3, 0.4) is 0 Å². The minimum absolute atomic E-state index is 0.494. The van der Waals surface area contributed by atoms with Crippen LogP contribution in [-0.2, 0) is 0 Å². The van der Waals surface area contributed by atoms with Gasteiger partial charge in [-0.05, 0) is 24.0 Å². The van der Waals surface area contributed by atoms with Gasteiger partial charge >= 0.3 is 6.85 Å². The highest BCUT2D eigenvalue weighted by molar-refractivity contribution is 6.56. The van der Waals surface area contributed by atoms with Gasteiger partial charge in [0.2, 0.25) is 0 Å². The third-order valence-corrected chi connectivity index (χ3v) is 2.89. The average molecular weight is 198 g/mol. The zero-order valence-electron chi connectivity index (χ0n) is 9.43. The lowest BCUT2D eigenvalue weighted by Crippen LogP contribution is -2.49. The molecule has 1 aliphatic rings. The third-order valence-electron chi connectivity index (χ3n) is 2.89. The van der Waals surface area contributed by atoms with Gasteiger partial charge in [0, 0.05) is 6.32 Å². The highest BCUT2D eigenvalue weighted by Crippen LogP contribution is 2.16. The van der Waals surface area contributed by atoms with Crippen LogP contribution in [-0.4, -0.2) is 6.85 Å². The molecule has 2 heterocycles. The van der Waals surface area contributed by atoms with E-state index in [2.05, 4.69) is 67.0 Å². The number of pyridine rings is 1. The summed E-state index contributed by atoms with van der Waals surface area (Å²) in [7, 11) is 0. The molecule has 0 spiro atoms. The van der Waals surface area contributed by atoms with Gasteiger partial charge < -0.3 is 0 Å². The molecule has 2 rings (SSSR count). The minimum atomic E-state index is 0.494. The summed E-state index contributed by atoms with van der Waals surface area (Å²) in [6.45, 7) is 4.98. The van der Waals surface area contributed by atoms with Crippen molar-refractivity contribution < 1.29 is 4.48 Å². The van der Waals surface area contributed by atoms with Crippen LogP contribution >= 0.6 is 0 Å². The molecule has 0 fully saturated rings.